The van der Waals surface area contributed by atoms with Crippen molar-refractivity contribution in [3.63, 3.8) is 0 Å². The molecular weight excluding hydrogens is 314 g/mol. The van der Waals surface area contributed by atoms with Crippen molar-refractivity contribution in [2.75, 3.05) is 13.1 Å². The molecule has 1 fully saturated rings. The topological polar surface area (TPSA) is 51.5 Å². The second kappa shape index (κ2) is 7.11. The number of rotatable bonds is 3. The van der Waals surface area contributed by atoms with E-state index in [9.17, 15) is 4.79 Å². The van der Waals surface area contributed by atoms with Crippen molar-refractivity contribution >= 4 is 11.0 Å². The number of nitrogens with one attached hydrogen (secondary N) is 1. The predicted molar refractivity (Wildman–Crippen MR) is 99.1 cm³/mol. The van der Waals surface area contributed by atoms with Crippen LogP contribution < -0.4 is 15.5 Å². The highest BCUT2D eigenvalue weighted by Crippen LogP contribution is 2.25. The molecule has 2 aromatic carbocycles. The van der Waals surface area contributed by atoms with Gasteiger partial charge in [0.25, 0.3) is 0 Å². The van der Waals surface area contributed by atoms with Gasteiger partial charge in [-0.05, 0) is 50.6 Å². The molecule has 4 rings (SSSR count). The number of fused-ring (bicyclic) bond motifs is 1. The van der Waals surface area contributed by atoms with Crippen LogP contribution in [0.25, 0.3) is 22.3 Å². The van der Waals surface area contributed by atoms with Crippen LogP contribution in [0.1, 0.15) is 19.3 Å². The van der Waals surface area contributed by atoms with Crippen molar-refractivity contribution in [3.05, 3.63) is 64.8 Å². The highest BCUT2D eigenvalue weighted by Gasteiger charge is 2.14. The summed E-state index contributed by atoms with van der Waals surface area (Å²) in [5.41, 5.74) is 1.43. The van der Waals surface area contributed by atoms with Crippen LogP contribution in [0.4, 0.5) is 0 Å². The van der Waals surface area contributed by atoms with Crippen molar-refractivity contribution in [1.29, 1.82) is 0 Å². The molecule has 4 heteroatoms. The molecule has 128 valence electrons. The quantitative estimate of drug-likeness (QED) is 0.786. The van der Waals surface area contributed by atoms with Crippen molar-refractivity contribution in [3.8, 4) is 17.1 Å². The maximum Gasteiger partial charge on any atom is 0.193 e. The average molecular weight is 335 g/mol. The van der Waals surface area contributed by atoms with Gasteiger partial charge in [0.15, 0.2) is 5.43 Å². The summed E-state index contributed by atoms with van der Waals surface area (Å²) < 4.78 is 12.0. The van der Waals surface area contributed by atoms with E-state index in [0.717, 1.165) is 43.7 Å². The van der Waals surface area contributed by atoms with Gasteiger partial charge in [-0.3, -0.25) is 4.79 Å². The van der Waals surface area contributed by atoms with Gasteiger partial charge in [0, 0.05) is 11.6 Å². The van der Waals surface area contributed by atoms with Crippen LogP contribution in [-0.2, 0) is 0 Å². The van der Waals surface area contributed by atoms with Crippen LogP contribution in [0.3, 0.4) is 0 Å². The summed E-state index contributed by atoms with van der Waals surface area (Å²) in [6, 6.07) is 16.7. The standard InChI is InChI=1S/C21H21NO3/c23-19-14-21(15-5-2-1-3-6-15)25-20-9-8-17(13-18(19)20)24-16-7-4-11-22-12-10-16/h1-3,5-6,8-9,13-14,16,22H,4,7,10-12H2. The van der Waals surface area contributed by atoms with Gasteiger partial charge in [0.2, 0.25) is 0 Å². The van der Waals surface area contributed by atoms with E-state index >= 15 is 0 Å². The first-order chi connectivity index (χ1) is 12.3. The minimum atomic E-state index is -0.0481. The van der Waals surface area contributed by atoms with E-state index in [4.69, 9.17) is 9.15 Å². The summed E-state index contributed by atoms with van der Waals surface area (Å²) in [5.74, 6) is 1.32. The molecule has 1 unspecified atom stereocenters. The fraction of sp³-hybridized carbons (Fsp3) is 0.286. The first-order valence-corrected chi connectivity index (χ1v) is 8.80. The summed E-state index contributed by atoms with van der Waals surface area (Å²) in [6.45, 7) is 2.02. The van der Waals surface area contributed by atoms with E-state index in [2.05, 4.69) is 5.32 Å². The Bertz CT molecular complexity index is 909. The number of hydrogen-bond donors (Lipinski definition) is 1. The lowest BCUT2D eigenvalue weighted by molar-refractivity contribution is 0.188. The van der Waals surface area contributed by atoms with E-state index in [1.54, 1.807) is 12.1 Å². The highest BCUT2D eigenvalue weighted by atomic mass is 16.5. The maximum absolute atomic E-state index is 12.5. The minimum Gasteiger partial charge on any atom is -0.490 e. The Balaban J connectivity index is 1.65. The molecular formula is C21H21NO3. The lowest BCUT2D eigenvalue weighted by Gasteiger charge is -2.16. The lowest BCUT2D eigenvalue weighted by Crippen LogP contribution is -2.19. The molecule has 3 aromatic rings. The molecule has 0 aliphatic carbocycles. The Hall–Kier alpha value is -2.59. The van der Waals surface area contributed by atoms with E-state index in [1.807, 2.05) is 42.5 Å². The Kier molecular flexibility index (Phi) is 4.53. The summed E-state index contributed by atoms with van der Waals surface area (Å²) >= 11 is 0. The average Bonchev–Trinajstić information content (AvgIpc) is 2.91. The fourth-order valence-corrected chi connectivity index (χ4v) is 3.25. The van der Waals surface area contributed by atoms with Crippen LogP contribution in [0.2, 0.25) is 0 Å². The molecule has 1 atom stereocenters. The zero-order valence-electron chi connectivity index (χ0n) is 14.0. The summed E-state index contributed by atoms with van der Waals surface area (Å²) in [5, 5.41) is 3.94. The zero-order chi connectivity index (χ0) is 17.1. The molecule has 1 saturated heterocycles. The number of ether oxygens (including phenoxy) is 1. The van der Waals surface area contributed by atoms with Gasteiger partial charge >= 0.3 is 0 Å². The third-order valence-electron chi connectivity index (χ3n) is 4.58. The fourth-order valence-electron chi connectivity index (χ4n) is 3.25. The minimum absolute atomic E-state index is 0.0481. The largest absolute Gasteiger partial charge is 0.490 e. The monoisotopic (exact) mass is 335 g/mol. The van der Waals surface area contributed by atoms with Crippen LogP contribution >= 0.6 is 0 Å². The first-order valence-electron chi connectivity index (χ1n) is 8.80. The molecule has 0 radical (unpaired) electrons. The van der Waals surface area contributed by atoms with Gasteiger partial charge in [-0.25, -0.2) is 0 Å². The Labute approximate surface area is 146 Å². The van der Waals surface area contributed by atoms with Crippen molar-refractivity contribution in [2.24, 2.45) is 0 Å². The summed E-state index contributed by atoms with van der Waals surface area (Å²) in [4.78, 5) is 12.5. The Morgan fingerprint density at radius 2 is 1.88 bits per heavy atom. The van der Waals surface area contributed by atoms with Gasteiger partial charge in [0.05, 0.1) is 11.5 Å². The maximum atomic E-state index is 12.5. The number of benzene rings is 2. The SMILES string of the molecule is O=c1cc(-c2ccccc2)oc2ccc(OC3CCCNCC3)cc12. The van der Waals surface area contributed by atoms with Crippen molar-refractivity contribution < 1.29 is 9.15 Å². The van der Waals surface area contributed by atoms with Crippen LogP contribution in [0.15, 0.2) is 63.8 Å². The Morgan fingerprint density at radius 1 is 1.00 bits per heavy atom. The molecule has 0 amide bonds. The summed E-state index contributed by atoms with van der Waals surface area (Å²) in [7, 11) is 0. The van der Waals surface area contributed by atoms with E-state index in [0.29, 0.717) is 16.7 Å². The Morgan fingerprint density at radius 3 is 2.76 bits per heavy atom. The second-order valence-electron chi connectivity index (χ2n) is 6.42. The first kappa shape index (κ1) is 15.9. The smallest absolute Gasteiger partial charge is 0.193 e. The molecule has 0 spiro atoms. The van der Waals surface area contributed by atoms with Crippen molar-refractivity contribution in [1.82, 2.24) is 5.32 Å². The normalized spacial score (nSPS) is 18.0. The number of hydrogen-bond acceptors (Lipinski definition) is 4. The van der Waals surface area contributed by atoms with Gasteiger partial charge < -0.3 is 14.5 Å². The zero-order valence-corrected chi connectivity index (χ0v) is 14.0. The van der Waals surface area contributed by atoms with E-state index in [1.165, 1.54) is 0 Å². The third kappa shape index (κ3) is 3.59. The molecule has 1 aliphatic rings. The van der Waals surface area contributed by atoms with E-state index < -0.39 is 0 Å². The lowest BCUT2D eigenvalue weighted by atomic mass is 10.1. The van der Waals surface area contributed by atoms with Gasteiger partial charge in [-0.15, -0.1) is 0 Å². The second-order valence-corrected chi connectivity index (χ2v) is 6.42. The molecule has 25 heavy (non-hydrogen) atoms. The van der Waals surface area contributed by atoms with Crippen LogP contribution in [0, 0.1) is 0 Å². The van der Waals surface area contributed by atoms with E-state index in [-0.39, 0.29) is 11.5 Å². The van der Waals surface area contributed by atoms with Gasteiger partial charge in [-0.2, -0.15) is 0 Å². The molecule has 1 aromatic heterocycles. The molecule has 1 aliphatic heterocycles. The predicted octanol–water partition coefficient (Wildman–Crippen LogP) is 3.98. The van der Waals surface area contributed by atoms with Gasteiger partial charge in [-0.1, -0.05) is 30.3 Å². The molecule has 2 heterocycles. The molecule has 1 N–H and O–H groups in total. The van der Waals surface area contributed by atoms with Gasteiger partial charge in [0.1, 0.15) is 17.1 Å². The molecule has 0 saturated carbocycles. The van der Waals surface area contributed by atoms with Crippen molar-refractivity contribution in [2.45, 2.75) is 25.4 Å². The highest BCUT2D eigenvalue weighted by molar-refractivity contribution is 5.80. The third-order valence-corrected chi connectivity index (χ3v) is 4.58. The van der Waals surface area contributed by atoms with Crippen LogP contribution in [-0.4, -0.2) is 19.2 Å². The molecule has 4 nitrogen and oxygen atoms in total. The summed E-state index contributed by atoms with van der Waals surface area (Å²) in [6.07, 6.45) is 3.33. The van der Waals surface area contributed by atoms with Crippen LogP contribution in [0.5, 0.6) is 5.75 Å². The molecule has 0 bridgehead atoms.